The molecule has 1 N–H and O–H groups in total. The van der Waals surface area contributed by atoms with Crippen molar-refractivity contribution in [2.75, 3.05) is 13.7 Å². The van der Waals surface area contributed by atoms with E-state index in [2.05, 4.69) is 29.2 Å². The summed E-state index contributed by atoms with van der Waals surface area (Å²) in [5.74, 6) is 0.991. The number of nitrogens with zero attached hydrogens (tertiary/aromatic N) is 3. The molecule has 5 nitrogen and oxygen atoms in total. The van der Waals surface area contributed by atoms with E-state index in [-0.39, 0.29) is 5.60 Å². The van der Waals surface area contributed by atoms with Gasteiger partial charge in [0.1, 0.15) is 12.2 Å². The van der Waals surface area contributed by atoms with Crippen LogP contribution in [-0.2, 0) is 11.3 Å². The Morgan fingerprint density at radius 3 is 2.82 bits per heavy atom. The van der Waals surface area contributed by atoms with Crippen LogP contribution in [0.4, 0.5) is 0 Å². The first-order valence-electron chi connectivity index (χ1n) is 6.31. The third-order valence-electron chi connectivity index (χ3n) is 3.56. The van der Waals surface area contributed by atoms with E-state index in [9.17, 15) is 0 Å². The van der Waals surface area contributed by atoms with Crippen LogP contribution in [0.2, 0.25) is 0 Å². The van der Waals surface area contributed by atoms with Crippen LogP contribution in [0, 0.1) is 0 Å². The molecule has 96 valence electrons. The summed E-state index contributed by atoms with van der Waals surface area (Å²) in [7, 11) is 1.80. The second-order valence-corrected chi connectivity index (χ2v) is 5.06. The van der Waals surface area contributed by atoms with Crippen molar-refractivity contribution in [1.29, 1.82) is 0 Å². The van der Waals surface area contributed by atoms with E-state index in [0.29, 0.717) is 6.04 Å². The quantitative estimate of drug-likeness (QED) is 0.816. The molecular weight excluding hydrogens is 216 g/mol. The zero-order chi connectivity index (χ0) is 12.3. The first-order valence-corrected chi connectivity index (χ1v) is 6.31. The summed E-state index contributed by atoms with van der Waals surface area (Å²) in [6, 6.07) is 0.356. The number of ether oxygens (including phenoxy) is 1. The molecule has 0 radical (unpaired) electrons. The van der Waals surface area contributed by atoms with Crippen LogP contribution in [0.1, 0.15) is 45.0 Å². The third kappa shape index (κ3) is 2.66. The Hall–Kier alpha value is -0.940. The molecule has 1 fully saturated rings. The lowest BCUT2D eigenvalue weighted by Gasteiger charge is -2.40. The molecular formula is C12H22N4O. The number of hydrogen-bond donors (Lipinski definition) is 1. The van der Waals surface area contributed by atoms with E-state index in [1.165, 1.54) is 6.42 Å². The Morgan fingerprint density at radius 1 is 1.53 bits per heavy atom. The van der Waals surface area contributed by atoms with Crippen LogP contribution < -0.4 is 5.32 Å². The predicted molar refractivity (Wildman–Crippen MR) is 65.7 cm³/mol. The van der Waals surface area contributed by atoms with Crippen molar-refractivity contribution in [3.8, 4) is 0 Å². The van der Waals surface area contributed by atoms with Crippen LogP contribution in [0.5, 0.6) is 0 Å². The maximum absolute atomic E-state index is 5.57. The van der Waals surface area contributed by atoms with Crippen molar-refractivity contribution in [2.24, 2.45) is 0 Å². The highest BCUT2D eigenvalue weighted by Gasteiger charge is 2.36. The van der Waals surface area contributed by atoms with Gasteiger partial charge in [-0.2, -0.15) is 5.10 Å². The lowest BCUT2D eigenvalue weighted by atomic mass is 9.80. The fourth-order valence-corrected chi connectivity index (χ4v) is 2.26. The van der Waals surface area contributed by atoms with Gasteiger partial charge in [0.25, 0.3) is 0 Å². The minimum absolute atomic E-state index is 0.0721. The molecule has 17 heavy (non-hydrogen) atoms. The number of methoxy groups -OCH3 is 1. The van der Waals surface area contributed by atoms with Crippen LogP contribution in [-0.4, -0.2) is 34.0 Å². The van der Waals surface area contributed by atoms with Crippen LogP contribution in [0.25, 0.3) is 0 Å². The second-order valence-electron chi connectivity index (χ2n) is 5.06. The van der Waals surface area contributed by atoms with Gasteiger partial charge in [0.2, 0.25) is 0 Å². The van der Waals surface area contributed by atoms with Crippen molar-refractivity contribution in [3.63, 3.8) is 0 Å². The van der Waals surface area contributed by atoms with Crippen molar-refractivity contribution < 1.29 is 4.74 Å². The summed E-state index contributed by atoms with van der Waals surface area (Å²) in [5, 5.41) is 7.65. The van der Waals surface area contributed by atoms with E-state index in [1.54, 1.807) is 13.4 Å². The predicted octanol–water partition coefficient (Wildman–Crippen LogP) is 1.52. The topological polar surface area (TPSA) is 52.0 Å². The maximum Gasteiger partial charge on any atom is 0.141 e. The molecule has 1 aromatic rings. The highest BCUT2D eigenvalue weighted by Crippen LogP contribution is 2.34. The number of nitrogens with one attached hydrogen (secondary N) is 1. The average Bonchev–Trinajstić information content (AvgIpc) is 2.70. The van der Waals surface area contributed by atoms with Gasteiger partial charge in [-0.3, -0.25) is 0 Å². The van der Waals surface area contributed by atoms with Gasteiger partial charge in [0.05, 0.1) is 12.1 Å². The standard InChI is InChI=1S/C12H22N4O/c1-10(2)16-11(14-9-15-16)7-13-8-12(17-3)5-4-6-12/h9-10,13H,4-8H2,1-3H3. The van der Waals surface area contributed by atoms with E-state index in [0.717, 1.165) is 31.8 Å². The zero-order valence-electron chi connectivity index (χ0n) is 10.9. The van der Waals surface area contributed by atoms with Gasteiger partial charge in [-0.25, -0.2) is 9.67 Å². The monoisotopic (exact) mass is 238 g/mol. The third-order valence-corrected chi connectivity index (χ3v) is 3.56. The fraction of sp³-hybridized carbons (Fsp3) is 0.833. The Kier molecular flexibility index (Phi) is 3.79. The Bertz CT molecular complexity index is 352. The fourth-order valence-electron chi connectivity index (χ4n) is 2.26. The second kappa shape index (κ2) is 5.14. The summed E-state index contributed by atoms with van der Waals surface area (Å²) in [5.41, 5.74) is 0.0721. The maximum atomic E-state index is 5.57. The van der Waals surface area contributed by atoms with Crippen molar-refractivity contribution in [2.45, 2.75) is 51.3 Å². The van der Waals surface area contributed by atoms with Gasteiger partial charge < -0.3 is 10.1 Å². The minimum Gasteiger partial charge on any atom is -0.377 e. The molecule has 1 aliphatic rings. The lowest BCUT2D eigenvalue weighted by Crippen LogP contribution is -2.47. The Morgan fingerprint density at radius 2 is 2.29 bits per heavy atom. The molecule has 0 aromatic carbocycles. The molecule has 0 atom stereocenters. The SMILES string of the molecule is COC1(CNCc2ncnn2C(C)C)CCC1. The first-order chi connectivity index (χ1) is 8.17. The highest BCUT2D eigenvalue weighted by molar-refractivity contribution is 4.93. The summed E-state index contributed by atoms with van der Waals surface area (Å²) < 4.78 is 7.52. The lowest BCUT2D eigenvalue weighted by molar-refractivity contribution is -0.0696. The van der Waals surface area contributed by atoms with Gasteiger partial charge in [-0.15, -0.1) is 0 Å². The number of hydrogen-bond acceptors (Lipinski definition) is 4. The van der Waals surface area contributed by atoms with Gasteiger partial charge in [0, 0.05) is 19.7 Å². The molecule has 0 spiro atoms. The zero-order valence-corrected chi connectivity index (χ0v) is 10.9. The Labute approximate surface area is 103 Å². The molecule has 0 saturated heterocycles. The highest BCUT2D eigenvalue weighted by atomic mass is 16.5. The molecule has 1 saturated carbocycles. The van der Waals surface area contributed by atoms with Crippen molar-refractivity contribution in [1.82, 2.24) is 20.1 Å². The molecule has 0 bridgehead atoms. The van der Waals surface area contributed by atoms with Gasteiger partial charge in [-0.05, 0) is 33.1 Å². The van der Waals surface area contributed by atoms with E-state index < -0.39 is 0 Å². The normalized spacial score (nSPS) is 18.4. The largest absolute Gasteiger partial charge is 0.377 e. The van der Waals surface area contributed by atoms with Gasteiger partial charge >= 0.3 is 0 Å². The van der Waals surface area contributed by atoms with Crippen LogP contribution in [0.15, 0.2) is 6.33 Å². The number of rotatable bonds is 6. The molecule has 1 aromatic heterocycles. The molecule has 1 aliphatic carbocycles. The van der Waals surface area contributed by atoms with Crippen molar-refractivity contribution >= 4 is 0 Å². The van der Waals surface area contributed by atoms with Gasteiger partial charge in [-0.1, -0.05) is 0 Å². The molecule has 5 heteroatoms. The summed E-state index contributed by atoms with van der Waals surface area (Å²) in [4.78, 5) is 4.28. The van der Waals surface area contributed by atoms with E-state index in [4.69, 9.17) is 4.74 Å². The molecule has 0 aliphatic heterocycles. The van der Waals surface area contributed by atoms with Crippen molar-refractivity contribution in [3.05, 3.63) is 12.2 Å². The minimum atomic E-state index is 0.0721. The smallest absolute Gasteiger partial charge is 0.141 e. The average molecular weight is 238 g/mol. The van der Waals surface area contributed by atoms with Gasteiger partial charge in [0.15, 0.2) is 0 Å². The molecule has 2 rings (SSSR count). The summed E-state index contributed by atoms with van der Waals surface area (Å²) in [6.45, 7) is 5.87. The Balaban J connectivity index is 1.83. The molecule has 1 heterocycles. The van der Waals surface area contributed by atoms with E-state index >= 15 is 0 Å². The summed E-state index contributed by atoms with van der Waals surface area (Å²) in [6.07, 6.45) is 5.21. The first kappa shape index (κ1) is 12.5. The van der Waals surface area contributed by atoms with E-state index in [1.807, 2.05) is 4.68 Å². The summed E-state index contributed by atoms with van der Waals surface area (Å²) >= 11 is 0. The molecule has 0 unspecified atom stereocenters. The van der Waals surface area contributed by atoms with Crippen LogP contribution in [0.3, 0.4) is 0 Å². The number of aromatic nitrogens is 3. The van der Waals surface area contributed by atoms with Crippen LogP contribution >= 0.6 is 0 Å². The molecule has 0 amide bonds.